The molecule has 4 nitrogen and oxygen atoms in total. The van der Waals surface area contributed by atoms with Crippen molar-refractivity contribution in [1.82, 2.24) is 19.8 Å². The highest BCUT2D eigenvalue weighted by molar-refractivity contribution is 7.80. The topological polar surface area (TPSA) is 33.1 Å². The molecule has 1 fully saturated rings. The van der Waals surface area contributed by atoms with Crippen molar-refractivity contribution in [3.8, 4) is 0 Å². The Hall–Kier alpha value is -2.66. The van der Waals surface area contributed by atoms with Crippen molar-refractivity contribution in [1.29, 1.82) is 0 Å². The molecule has 0 radical (unpaired) electrons. The van der Waals surface area contributed by atoms with Crippen LogP contribution in [0.15, 0.2) is 60.8 Å². The first-order valence-electron chi connectivity index (χ1n) is 10.2. The lowest BCUT2D eigenvalue weighted by Crippen LogP contribution is -2.29. The van der Waals surface area contributed by atoms with Crippen molar-refractivity contribution in [2.24, 2.45) is 0 Å². The molecule has 0 aliphatic carbocycles. The molecule has 1 saturated heterocycles. The first kappa shape index (κ1) is 19.6. The van der Waals surface area contributed by atoms with Gasteiger partial charge in [0, 0.05) is 30.2 Å². The van der Waals surface area contributed by atoms with E-state index in [1.54, 1.807) is 0 Å². The first-order chi connectivity index (χ1) is 14.0. The fourth-order valence-corrected chi connectivity index (χ4v) is 4.90. The number of hydrogen-bond donors (Lipinski definition) is 1. The van der Waals surface area contributed by atoms with E-state index < -0.39 is 0 Å². The normalized spacial score (nSPS) is 19.1. The Morgan fingerprint density at radius 1 is 1.07 bits per heavy atom. The number of nitrogens with one attached hydrogen (secondary N) is 1. The van der Waals surface area contributed by atoms with Gasteiger partial charge in [0.25, 0.3) is 0 Å². The van der Waals surface area contributed by atoms with Gasteiger partial charge in [0.05, 0.1) is 17.8 Å². The molecule has 0 amide bonds. The Balaban J connectivity index is 1.81. The molecular formula is C24H28N4S. The summed E-state index contributed by atoms with van der Waals surface area (Å²) in [7, 11) is 0. The number of nitrogens with zero attached hydrogens (tertiary/aromatic N) is 3. The lowest BCUT2D eigenvalue weighted by molar-refractivity contribution is 0.309. The summed E-state index contributed by atoms with van der Waals surface area (Å²) in [5.74, 6) is 0. The summed E-state index contributed by atoms with van der Waals surface area (Å²) >= 11 is 5.81. The quantitative estimate of drug-likeness (QED) is 0.589. The maximum atomic E-state index is 5.81. The fourth-order valence-electron chi connectivity index (χ4n) is 4.59. The molecule has 150 valence electrons. The number of aryl methyl sites for hydroxylation is 1. The van der Waals surface area contributed by atoms with E-state index in [1.807, 2.05) is 18.3 Å². The third kappa shape index (κ3) is 3.67. The van der Waals surface area contributed by atoms with E-state index >= 15 is 0 Å². The van der Waals surface area contributed by atoms with E-state index in [-0.39, 0.29) is 12.1 Å². The molecule has 0 saturated carbocycles. The van der Waals surface area contributed by atoms with Crippen LogP contribution in [-0.4, -0.2) is 19.6 Å². The molecule has 29 heavy (non-hydrogen) atoms. The average Bonchev–Trinajstić information content (AvgIpc) is 3.19. The van der Waals surface area contributed by atoms with Crippen LogP contribution in [0.4, 0.5) is 0 Å². The lowest BCUT2D eigenvalue weighted by atomic mass is 9.96. The van der Waals surface area contributed by atoms with Crippen molar-refractivity contribution in [2.45, 2.75) is 52.4 Å². The van der Waals surface area contributed by atoms with Crippen LogP contribution in [0.3, 0.4) is 0 Å². The molecule has 1 aliphatic heterocycles. The van der Waals surface area contributed by atoms with Crippen molar-refractivity contribution < 1.29 is 0 Å². The second kappa shape index (κ2) is 7.99. The average molecular weight is 405 g/mol. The molecule has 5 heteroatoms. The molecule has 2 atom stereocenters. The molecule has 0 spiro atoms. The summed E-state index contributed by atoms with van der Waals surface area (Å²) in [6.45, 7) is 9.65. The van der Waals surface area contributed by atoms with Gasteiger partial charge in [-0.25, -0.2) is 0 Å². The predicted octanol–water partition coefficient (Wildman–Crippen LogP) is 5.25. The van der Waals surface area contributed by atoms with Gasteiger partial charge < -0.3 is 14.8 Å². The van der Waals surface area contributed by atoms with Gasteiger partial charge in [-0.2, -0.15) is 0 Å². The SMILES string of the molecule is Cc1cc([C@H]2[C@@H](c3ccccn3)NC(=S)N2Cc2ccccc2)c(C)n1C(C)C. The van der Waals surface area contributed by atoms with Gasteiger partial charge in [0.2, 0.25) is 0 Å². The van der Waals surface area contributed by atoms with Crippen LogP contribution in [0.1, 0.15) is 60.2 Å². The summed E-state index contributed by atoms with van der Waals surface area (Å²) in [6.07, 6.45) is 1.86. The van der Waals surface area contributed by atoms with Crippen LogP contribution in [0, 0.1) is 13.8 Å². The third-order valence-electron chi connectivity index (χ3n) is 5.75. The second-order valence-electron chi connectivity index (χ2n) is 8.03. The van der Waals surface area contributed by atoms with Crippen LogP contribution in [-0.2, 0) is 6.54 Å². The van der Waals surface area contributed by atoms with Gasteiger partial charge in [-0.15, -0.1) is 0 Å². The zero-order chi connectivity index (χ0) is 20.5. The number of rotatable bonds is 5. The van der Waals surface area contributed by atoms with Crippen LogP contribution in [0.25, 0.3) is 0 Å². The van der Waals surface area contributed by atoms with Crippen LogP contribution in [0.2, 0.25) is 0 Å². The highest BCUT2D eigenvalue weighted by Crippen LogP contribution is 2.42. The smallest absolute Gasteiger partial charge is 0.170 e. The maximum Gasteiger partial charge on any atom is 0.170 e. The first-order valence-corrected chi connectivity index (χ1v) is 10.6. The van der Waals surface area contributed by atoms with E-state index in [0.29, 0.717) is 6.04 Å². The lowest BCUT2D eigenvalue weighted by Gasteiger charge is -2.28. The second-order valence-corrected chi connectivity index (χ2v) is 8.42. The molecular weight excluding hydrogens is 376 g/mol. The van der Waals surface area contributed by atoms with E-state index in [2.05, 4.69) is 89.9 Å². The number of pyridine rings is 1. The highest BCUT2D eigenvalue weighted by Gasteiger charge is 2.41. The van der Waals surface area contributed by atoms with Crippen molar-refractivity contribution in [2.75, 3.05) is 0 Å². The van der Waals surface area contributed by atoms with E-state index in [1.165, 1.54) is 22.5 Å². The molecule has 3 aromatic rings. The minimum absolute atomic E-state index is 0.0218. The van der Waals surface area contributed by atoms with E-state index in [4.69, 9.17) is 12.2 Å². The highest BCUT2D eigenvalue weighted by atomic mass is 32.1. The minimum atomic E-state index is 0.0218. The molecule has 0 unspecified atom stereocenters. The number of thiocarbonyl (C=S) groups is 1. The monoisotopic (exact) mass is 404 g/mol. The van der Waals surface area contributed by atoms with Gasteiger partial charge in [-0.1, -0.05) is 36.4 Å². The number of hydrogen-bond acceptors (Lipinski definition) is 2. The Labute approximate surface area is 178 Å². The Kier molecular flexibility index (Phi) is 5.41. The summed E-state index contributed by atoms with van der Waals surface area (Å²) < 4.78 is 2.41. The molecule has 0 bridgehead atoms. The Bertz CT molecular complexity index is 994. The molecule has 1 aromatic carbocycles. The van der Waals surface area contributed by atoms with Gasteiger partial charge in [0.15, 0.2) is 5.11 Å². The summed E-state index contributed by atoms with van der Waals surface area (Å²) in [5.41, 5.74) is 6.17. The zero-order valence-corrected chi connectivity index (χ0v) is 18.3. The fraction of sp³-hybridized carbons (Fsp3) is 0.333. The Morgan fingerprint density at radius 3 is 2.41 bits per heavy atom. The van der Waals surface area contributed by atoms with Crippen molar-refractivity contribution in [3.63, 3.8) is 0 Å². The standard InChI is InChI=1S/C24H28N4S/c1-16(2)28-17(3)14-20(18(28)4)23-22(21-12-8-9-13-25-21)26-24(29)27(23)15-19-10-6-5-7-11-19/h5-14,16,22-23H,15H2,1-4H3,(H,26,29)/t22-,23+/m1/s1. The predicted molar refractivity (Wildman–Crippen MR) is 122 cm³/mol. The van der Waals surface area contributed by atoms with Gasteiger partial charge in [0.1, 0.15) is 0 Å². The van der Waals surface area contributed by atoms with E-state index in [0.717, 1.165) is 17.4 Å². The minimum Gasteiger partial charge on any atom is -0.352 e. The maximum absolute atomic E-state index is 5.81. The van der Waals surface area contributed by atoms with Crippen LogP contribution in [0.5, 0.6) is 0 Å². The molecule has 1 aliphatic rings. The summed E-state index contributed by atoms with van der Waals surface area (Å²) in [4.78, 5) is 6.97. The van der Waals surface area contributed by atoms with Crippen LogP contribution < -0.4 is 5.32 Å². The molecule has 4 rings (SSSR count). The van der Waals surface area contributed by atoms with Gasteiger partial charge in [-0.3, -0.25) is 4.98 Å². The van der Waals surface area contributed by atoms with Gasteiger partial charge >= 0.3 is 0 Å². The third-order valence-corrected chi connectivity index (χ3v) is 6.10. The number of aromatic nitrogens is 2. The van der Waals surface area contributed by atoms with Crippen LogP contribution >= 0.6 is 12.2 Å². The summed E-state index contributed by atoms with van der Waals surface area (Å²) in [6, 6.07) is 19.5. The van der Waals surface area contributed by atoms with Crippen molar-refractivity contribution >= 4 is 17.3 Å². The molecule has 3 heterocycles. The number of benzene rings is 1. The Morgan fingerprint density at radius 2 is 1.79 bits per heavy atom. The zero-order valence-electron chi connectivity index (χ0n) is 17.5. The van der Waals surface area contributed by atoms with Crippen molar-refractivity contribution in [3.05, 3.63) is 89.0 Å². The largest absolute Gasteiger partial charge is 0.352 e. The summed E-state index contributed by atoms with van der Waals surface area (Å²) in [5, 5.41) is 4.34. The van der Waals surface area contributed by atoms with Gasteiger partial charge in [-0.05, 0) is 69.2 Å². The van der Waals surface area contributed by atoms with E-state index in [9.17, 15) is 0 Å². The molecule has 2 aromatic heterocycles. The molecule has 1 N–H and O–H groups in total.